The molecule has 1 heteroatoms. The molecule has 0 atom stereocenters. The Balaban J connectivity index is 2.68. The molecule has 0 bridgehead atoms. The largest absolute Gasteiger partial charge is 0.103 e. The predicted molar refractivity (Wildman–Crippen MR) is 38.0 cm³/mol. The lowest BCUT2D eigenvalue weighted by Crippen LogP contribution is -1.82. The van der Waals surface area contributed by atoms with Gasteiger partial charge < -0.3 is 0 Å². The van der Waals surface area contributed by atoms with Gasteiger partial charge >= 0.3 is 0 Å². The van der Waals surface area contributed by atoms with Crippen molar-refractivity contribution < 1.29 is 0 Å². The lowest BCUT2D eigenvalue weighted by molar-refractivity contribution is 1.70. The number of rotatable bonds is 4. The highest BCUT2D eigenvalue weighted by molar-refractivity contribution is 6.41. The highest BCUT2D eigenvalue weighted by atomic mass is 28.2. The van der Waals surface area contributed by atoms with Crippen molar-refractivity contribution in [3.63, 3.8) is 0 Å². The Kier molecular flexibility index (Phi) is 5.45. The average molecular weight is 111 g/mol. The summed E-state index contributed by atoms with van der Waals surface area (Å²) in [7, 11) is 0.0502. The van der Waals surface area contributed by atoms with Crippen LogP contribution in [0.3, 0.4) is 0 Å². The molecule has 0 heterocycles. The molecule has 0 amide bonds. The van der Waals surface area contributed by atoms with E-state index in [0.717, 1.165) is 0 Å². The van der Waals surface area contributed by atoms with E-state index >= 15 is 0 Å². The molecule has 0 aromatic heterocycles. The minimum Gasteiger partial charge on any atom is -0.103 e. The number of allylic oxidation sites excluding steroid dienone is 2. The SMILES string of the molecule is C=C[CH][SiH2]CC=C. The van der Waals surface area contributed by atoms with Gasteiger partial charge in [0.1, 0.15) is 0 Å². The van der Waals surface area contributed by atoms with Gasteiger partial charge in [-0.1, -0.05) is 12.2 Å². The predicted octanol–water partition coefficient (Wildman–Crippen LogP) is 1.11. The molecule has 0 rings (SSSR count). The van der Waals surface area contributed by atoms with Crippen molar-refractivity contribution in [1.29, 1.82) is 0 Å². The van der Waals surface area contributed by atoms with Crippen LogP contribution in [0.5, 0.6) is 0 Å². The Morgan fingerprint density at radius 2 is 2.14 bits per heavy atom. The second kappa shape index (κ2) is 5.70. The Morgan fingerprint density at radius 1 is 1.43 bits per heavy atom. The minimum absolute atomic E-state index is 0.0502. The molecule has 0 aromatic rings. The van der Waals surface area contributed by atoms with E-state index in [-0.39, 0.29) is 9.52 Å². The average Bonchev–Trinajstić information content (AvgIpc) is 1.69. The van der Waals surface area contributed by atoms with Gasteiger partial charge in [-0.15, -0.1) is 13.2 Å². The maximum absolute atomic E-state index is 3.61. The van der Waals surface area contributed by atoms with Crippen LogP contribution in [0, 0.1) is 6.04 Å². The highest BCUT2D eigenvalue weighted by Gasteiger charge is 1.76. The second-order valence-corrected chi connectivity index (χ2v) is 2.96. The third-order valence-corrected chi connectivity index (χ3v) is 2.11. The summed E-state index contributed by atoms with van der Waals surface area (Å²) in [5, 5.41) is 0. The summed E-state index contributed by atoms with van der Waals surface area (Å²) in [4.78, 5) is 0. The summed E-state index contributed by atoms with van der Waals surface area (Å²) < 4.78 is 0. The molecule has 7 heavy (non-hydrogen) atoms. The van der Waals surface area contributed by atoms with Crippen LogP contribution in [-0.2, 0) is 0 Å². The maximum atomic E-state index is 3.61. The Morgan fingerprint density at radius 3 is 2.57 bits per heavy atom. The van der Waals surface area contributed by atoms with E-state index in [1.54, 1.807) is 0 Å². The van der Waals surface area contributed by atoms with Crippen molar-refractivity contribution >= 4 is 9.52 Å². The first kappa shape index (κ1) is 6.70. The molecule has 0 aliphatic rings. The molecule has 0 aromatic carbocycles. The Labute approximate surface area is 47.8 Å². The fourth-order valence-electron chi connectivity index (χ4n) is 0.332. The van der Waals surface area contributed by atoms with Crippen molar-refractivity contribution in [2.24, 2.45) is 0 Å². The molecule has 39 valence electrons. The monoisotopic (exact) mass is 111 g/mol. The maximum Gasteiger partial charge on any atom is 0.0322 e. The van der Waals surface area contributed by atoms with Crippen LogP contribution >= 0.6 is 0 Å². The molecule has 0 nitrogen and oxygen atoms in total. The van der Waals surface area contributed by atoms with E-state index in [2.05, 4.69) is 19.2 Å². The topological polar surface area (TPSA) is 0 Å². The van der Waals surface area contributed by atoms with Crippen molar-refractivity contribution in [2.75, 3.05) is 0 Å². The third kappa shape index (κ3) is 5.70. The Hall–Kier alpha value is -0.303. The van der Waals surface area contributed by atoms with Gasteiger partial charge in [0, 0.05) is 9.52 Å². The first-order valence-corrected chi connectivity index (χ1v) is 4.28. The quantitative estimate of drug-likeness (QED) is 0.289. The zero-order valence-corrected chi connectivity index (χ0v) is 5.97. The zero-order chi connectivity index (χ0) is 5.54. The van der Waals surface area contributed by atoms with Crippen molar-refractivity contribution in [3.8, 4) is 0 Å². The molecule has 0 saturated heterocycles. The van der Waals surface area contributed by atoms with Gasteiger partial charge in [0.2, 0.25) is 0 Å². The van der Waals surface area contributed by atoms with Gasteiger partial charge in [-0.2, -0.15) is 0 Å². The van der Waals surface area contributed by atoms with Crippen LogP contribution in [0.2, 0.25) is 6.04 Å². The molecule has 0 aliphatic heterocycles. The molecule has 0 spiro atoms. The van der Waals surface area contributed by atoms with Crippen molar-refractivity contribution in [2.45, 2.75) is 6.04 Å². The standard InChI is InChI=1S/C6H11Si/c1-3-5-7-6-4-2/h3-5H,1-2,6-7H2. The van der Waals surface area contributed by atoms with E-state index in [1.165, 1.54) is 6.04 Å². The van der Waals surface area contributed by atoms with Gasteiger partial charge in [-0.05, 0) is 12.1 Å². The summed E-state index contributed by atoms with van der Waals surface area (Å²) in [5.41, 5.74) is 0. The normalized spacial score (nSPS) is 8.00. The van der Waals surface area contributed by atoms with Gasteiger partial charge in [0.05, 0.1) is 0 Å². The van der Waals surface area contributed by atoms with Gasteiger partial charge in [-0.3, -0.25) is 0 Å². The molecular weight excluding hydrogens is 100 g/mol. The van der Waals surface area contributed by atoms with Crippen molar-refractivity contribution in [1.82, 2.24) is 0 Å². The van der Waals surface area contributed by atoms with Crippen molar-refractivity contribution in [3.05, 3.63) is 31.4 Å². The summed E-state index contributed by atoms with van der Waals surface area (Å²) in [6.45, 7) is 7.19. The van der Waals surface area contributed by atoms with Crippen LogP contribution in [0.15, 0.2) is 25.3 Å². The van der Waals surface area contributed by atoms with E-state index in [9.17, 15) is 0 Å². The molecular formula is C6H11Si. The smallest absolute Gasteiger partial charge is 0.0322 e. The molecule has 0 fully saturated rings. The first-order chi connectivity index (χ1) is 3.41. The van der Waals surface area contributed by atoms with Crippen LogP contribution in [-0.4, -0.2) is 9.52 Å². The van der Waals surface area contributed by atoms with Crippen LogP contribution in [0.4, 0.5) is 0 Å². The van der Waals surface area contributed by atoms with Gasteiger partial charge in [0.25, 0.3) is 0 Å². The van der Waals surface area contributed by atoms with Crippen LogP contribution in [0.25, 0.3) is 0 Å². The van der Waals surface area contributed by atoms with E-state index < -0.39 is 0 Å². The van der Waals surface area contributed by atoms with E-state index in [4.69, 9.17) is 0 Å². The first-order valence-electron chi connectivity index (χ1n) is 2.47. The molecule has 0 N–H and O–H groups in total. The van der Waals surface area contributed by atoms with Crippen LogP contribution < -0.4 is 0 Å². The van der Waals surface area contributed by atoms with E-state index in [0.29, 0.717) is 0 Å². The summed E-state index contributed by atoms with van der Waals surface area (Å²) in [5.74, 6) is 0. The minimum atomic E-state index is 0.0502. The molecule has 0 aliphatic carbocycles. The third-order valence-electron chi connectivity index (χ3n) is 0.704. The fourth-order valence-corrected chi connectivity index (χ4v) is 0.996. The van der Waals surface area contributed by atoms with E-state index in [1.807, 2.05) is 12.2 Å². The fraction of sp³-hybridized carbons (Fsp3) is 0.167. The molecule has 0 saturated carbocycles. The van der Waals surface area contributed by atoms with Crippen LogP contribution in [0.1, 0.15) is 0 Å². The summed E-state index contributed by atoms with van der Waals surface area (Å²) in [6, 6.07) is 3.37. The van der Waals surface area contributed by atoms with Gasteiger partial charge in [-0.25, -0.2) is 0 Å². The lowest BCUT2D eigenvalue weighted by Gasteiger charge is -1.82. The van der Waals surface area contributed by atoms with Gasteiger partial charge in [0.15, 0.2) is 0 Å². The summed E-state index contributed by atoms with van der Waals surface area (Å²) >= 11 is 0. The molecule has 1 radical (unpaired) electrons. The molecule has 0 unspecified atom stereocenters. The Bertz CT molecular complexity index is 49.2. The lowest BCUT2D eigenvalue weighted by atomic mass is 10.7. The zero-order valence-electron chi connectivity index (χ0n) is 4.56. The highest BCUT2D eigenvalue weighted by Crippen LogP contribution is 1.81. The summed E-state index contributed by atoms with van der Waals surface area (Å²) in [6.07, 6.45) is 3.84. The number of hydrogen-bond acceptors (Lipinski definition) is 0. The number of hydrogen-bond donors (Lipinski definition) is 0. The second-order valence-electron chi connectivity index (χ2n) is 1.34.